The number of benzene rings is 1. The highest BCUT2D eigenvalue weighted by Gasteiger charge is 2.14. The van der Waals surface area contributed by atoms with Gasteiger partial charge in [0.1, 0.15) is 11.6 Å². The highest BCUT2D eigenvalue weighted by Crippen LogP contribution is 2.24. The number of aromatic nitrogens is 2. The minimum absolute atomic E-state index is 0.0773. The number of nitrogens with zero attached hydrogens (tertiary/aromatic N) is 2. The van der Waals surface area contributed by atoms with Crippen LogP contribution in [0.5, 0.6) is 0 Å². The summed E-state index contributed by atoms with van der Waals surface area (Å²) in [5, 5.41) is 5.20. The van der Waals surface area contributed by atoms with Crippen LogP contribution in [0.2, 0.25) is 0 Å². The molecular weight excluding hydrogens is 278 g/mol. The standard InChI is InChI=1S/C12H15N5O2S/c1-7-3-4-9(5-11(7)20(14,18)19)10-6-12(17-13)16-8(2)15-10/h3-6H,13H2,1-2H3,(H2,14,18,19)(H,15,16,17). The summed E-state index contributed by atoms with van der Waals surface area (Å²) in [7, 11) is -3.77. The molecule has 0 aliphatic heterocycles. The summed E-state index contributed by atoms with van der Waals surface area (Å²) in [5.41, 5.74) is 4.21. The molecule has 5 N–H and O–H groups in total. The van der Waals surface area contributed by atoms with Gasteiger partial charge >= 0.3 is 0 Å². The number of hydrogen-bond donors (Lipinski definition) is 3. The van der Waals surface area contributed by atoms with E-state index in [-0.39, 0.29) is 4.90 Å². The first-order valence-corrected chi connectivity index (χ1v) is 7.32. The van der Waals surface area contributed by atoms with Crippen LogP contribution in [0.25, 0.3) is 11.3 Å². The molecule has 8 heteroatoms. The smallest absolute Gasteiger partial charge is 0.238 e. The van der Waals surface area contributed by atoms with Crippen molar-refractivity contribution < 1.29 is 8.42 Å². The fraction of sp³-hybridized carbons (Fsp3) is 0.167. The second-order valence-electron chi connectivity index (χ2n) is 4.36. The van der Waals surface area contributed by atoms with Crippen LogP contribution in [0.1, 0.15) is 11.4 Å². The first-order valence-electron chi connectivity index (χ1n) is 5.77. The highest BCUT2D eigenvalue weighted by molar-refractivity contribution is 7.89. The molecule has 1 aromatic carbocycles. The Hall–Kier alpha value is -2.03. The van der Waals surface area contributed by atoms with Crippen molar-refractivity contribution in [2.24, 2.45) is 11.0 Å². The van der Waals surface area contributed by atoms with Crippen molar-refractivity contribution in [3.63, 3.8) is 0 Å². The maximum atomic E-state index is 11.5. The third-order valence-corrected chi connectivity index (χ3v) is 3.83. The maximum Gasteiger partial charge on any atom is 0.238 e. The summed E-state index contributed by atoms with van der Waals surface area (Å²) >= 11 is 0. The van der Waals surface area contributed by atoms with Crippen molar-refractivity contribution in [3.05, 3.63) is 35.7 Å². The van der Waals surface area contributed by atoms with Gasteiger partial charge in [0.05, 0.1) is 10.6 Å². The molecule has 0 saturated heterocycles. The van der Waals surface area contributed by atoms with E-state index in [4.69, 9.17) is 11.0 Å². The highest BCUT2D eigenvalue weighted by atomic mass is 32.2. The van der Waals surface area contributed by atoms with E-state index < -0.39 is 10.0 Å². The summed E-state index contributed by atoms with van der Waals surface area (Å²) in [6.45, 7) is 3.40. The van der Waals surface area contributed by atoms with E-state index in [1.54, 1.807) is 32.0 Å². The van der Waals surface area contributed by atoms with Crippen molar-refractivity contribution in [2.45, 2.75) is 18.7 Å². The zero-order valence-electron chi connectivity index (χ0n) is 11.1. The van der Waals surface area contributed by atoms with Gasteiger partial charge in [-0.1, -0.05) is 12.1 Å². The minimum Gasteiger partial charge on any atom is -0.308 e. The third kappa shape index (κ3) is 2.93. The van der Waals surface area contributed by atoms with Crippen LogP contribution in [-0.2, 0) is 10.0 Å². The summed E-state index contributed by atoms with van der Waals surface area (Å²) in [6.07, 6.45) is 0. The van der Waals surface area contributed by atoms with E-state index in [0.717, 1.165) is 0 Å². The van der Waals surface area contributed by atoms with Crippen LogP contribution >= 0.6 is 0 Å². The van der Waals surface area contributed by atoms with Gasteiger partial charge in [-0.2, -0.15) is 0 Å². The fourth-order valence-corrected chi connectivity index (χ4v) is 2.66. The van der Waals surface area contributed by atoms with Crippen LogP contribution in [-0.4, -0.2) is 18.4 Å². The van der Waals surface area contributed by atoms with Crippen LogP contribution in [0, 0.1) is 13.8 Å². The van der Waals surface area contributed by atoms with E-state index >= 15 is 0 Å². The molecule has 7 nitrogen and oxygen atoms in total. The molecule has 106 valence electrons. The number of nitrogens with one attached hydrogen (secondary N) is 1. The third-order valence-electron chi connectivity index (χ3n) is 2.78. The Balaban J connectivity index is 2.62. The van der Waals surface area contributed by atoms with Crippen LogP contribution in [0.3, 0.4) is 0 Å². The quantitative estimate of drug-likeness (QED) is 0.565. The zero-order valence-corrected chi connectivity index (χ0v) is 11.9. The lowest BCUT2D eigenvalue weighted by Gasteiger charge is -2.08. The Labute approximate surface area is 117 Å². The van der Waals surface area contributed by atoms with E-state index in [9.17, 15) is 8.42 Å². The molecule has 2 aromatic rings. The number of aryl methyl sites for hydroxylation is 2. The molecule has 0 aliphatic carbocycles. The summed E-state index contributed by atoms with van der Waals surface area (Å²) in [6, 6.07) is 6.57. The number of nitrogen functional groups attached to an aromatic ring is 1. The molecule has 0 unspecified atom stereocenters. The average molecular weight is 293 g/mol. The molecular formula is C12H15N5O2S. The number of hydrazine groups is 1. The second-order valence-corrected chi connectivity index (χ2v) is 5.89. The van der Waals surface area contributed by atoms with Crippen LogP contribution in [0.4, 0.5) is 5.82 Å². The van der Waals surface area contributed by atoms with E-state index in [1.165, 1.54) is 6.07 Å². The predicted octanol–water partition coefficient (Wildman–Crippen LogP) is 0.693. The topological polar surface area (TPSA) is 124 Å². The van der Waals surface area contributed by atoms with Crippen molar-refractivity contribution >= 4 is 15.8 Å². The van der Waals surface area contributed by atoms with Crippen LogP contribution in [0.15, 0.2) is 29.2 Å². The van der Waals surface area contributed by atoms with Gasteiger partial charge < -0.3 is 5.43 Å². The lowest BCUT2D eigenvalue weighted by molar-refractivity contribution is 0.597. The van der Waals surface area contributed by atoms with Crippen molar-refractivity contribution in [1.82, 2.24) is 9.97 Å². The van der Waals surface area contributed by atoms with Gasteiger partial charge in [-0.25, -0.2) is 29.4 Å². The van der Waals surface area contributed by atoms with Gasteiger partial charge in [0.2, 0.25) is 10.0 Å². The molecule has 20 heavy (non-hydrogen) atoms. The Bertz CT molecular complexity index is 758. The number of nitrogens with two attached hydrogens (primary N) is 2. The Morgan fingerprint density at radius 3 is 2.45 bits per heavy atom. The number of anilines is 1. The van der Waals surface area contributed by atoms with Crippen molar-refractivity contribution in [2.75, 3.05) is 5.43 Å². The maximum absolute atomic E-state index is 11.5. The Morgan fingerprint density at radius 2 is 1.85 bits per heavy atom. The lowest BCUT2D eigenvalue weighted by atomic mass is 10.1. The van der Waals surface area contributed by atoms with Gasteiger partial charge in [-0.05, 0) is 25.5 Å². The summed E-state index contributed by atoms with van der Waals surface area (Å²) in [5.74, 6) is 6.30. The molecule has 0 amide bonds. The monoisotopic (exact) mass is 293 g/mol. The SMILES string of the molecule is Cc1nc(NN)cc(-c2ccc(C)c(S(N)(=O)=O)c2)n1. The second kappa shape index (κ2) is 5.16. The summed E-state index contributed by atoms with van der Waals surface area (Å²) < 4.78 is 23.1. The van der Waals surface area contributed by atoms with Crippen LogP contribution < -0.4 is 16.4 Å². The molecule has 1 heterocycles. The Morgan fingerprint density at radius 1 is 1.15 bits per heavy atom. The first kappa shape index (κ1) is 14.4. The Kier molecular flexibility index (Phi) is 3.71. The molecule has 0 atom stereocenters. The summed E-state index contributed by atoms with van der Waals surface area (Å²) in [4.78, 5) is 8.42. The molecule has 0 fully saturated rings. The molecule has 0 bridgehead atoms. The molecule has 0 saturated carbocycles. The first-order chi connectivity index (χ1) is 9.31. The van der Waals surface area contributed by atoms with Gasteiger partial charge in [0.25, 0.3) is 0 Å². The van der Waals surface area contributed by atoms with Gasteiger partial charge in [-0.15, -0.1) is 0 Å². The molecule has 0 spiro atoms. The van der Waals surface area contributed by atoms with Crippen molar-refractivity contribution in [3.8, 4) is 11.3 Å². The minimum atomic E-state index is -3.77. The molecule has 2 rings (SSSR count). The molecule has 1 aromatic heterocycles. The van der Waals surface area contributed by atoms with Gasteiger partial charge in [-0.3, -0.25) is 0 Å². The lowest BCUT2D eigenvalue weighted by Crippen LogP contribution is -2.14. The van der Waals surface area contributed by atoms with Gasteiger partial charge in [0, 0.05) is 11.6 Å². The largest absolute Gasteiger partial charge is 0.308 e. The fourth-order valence-electron chi connectivity index (χ4n) is 1.86. The normalized spacial score (nSPS) is 11.4. The number of hydrogen-bond acceptors (Lipinski definition) is 6. The van der Waals surface area contributed by atoms with E-state index in [0.29, 0.717) is 28.5 Å². The number of rotatable bonds is 3. The van der Waals surface area contributed by atoms with Crippen molar-refractivity contribution in [1.29, 1.82) is 0 Å². The number of primary sulfonamides is 1. The number of sulfonamides is 1. The zero-order chi connectivity index (χ0) is 14.9. The predicted molar refractivity (Wildman–Crippen MR) is 76.1 cm³/mol. The van der Waals surface area contributed by atoms with E-state index in [1.807, 2.05) is 0 Å². The van der Waals surface area contributed by atoms with Gasteiger partial charge in [0.15, 0.2) is 0 Å². The molecule has 0 aliphatic rings. The van der Waals surface area contributed by atoms with E-state index in [2.05, 4.69) is 15.4 Å². The molecule has 0 radical (unpaired) electrons. The average Bonchev–Trinajstić information content (AvgIpc) is 2.37.